The molecule has 3 rings (SSSR count). The third kappa shape index (κ3) is 2.90. The molecule has 1 aromatic carbocycles. The minimum Gasteiger partial charge on any atom is -0.335 e. The number of aromatic nitrogens is 3. The van der Waals surface area contributed by atoms with Gasteiger partial charge in [0.1, 0.15) is 17.8 Å². The van der Waals surface area contributed by atoms with Crippen molar-refractivity contribution in [1.82, 2.24) is 14.7 Å². The van der Waals surface area contributed by atoms with Crippen LogP contribution in [0.3, 0.4) is 0 Å². The molecule has 124 valence electrons. The largest absolute Gasteiger partial charge is 0.335 e. The standard InChI is InChI=1S/C16H15ClN4O3/c1-8-6-11(17)4-5-12(8)19-13(22)7-21-10(3)18-15-14(16(21)23)9(2)20-24-15/h4-6H,7H2,1-3H3,(H,19,22). The summed E-state index contributed by atoms with van der Waals surface area (Å²) in [5.74, 6) is 0.0486. The summed E-state index contributed by atoms with van der Waals surface area (Å²) in [6, 6.07) is 5.16. The number of carbonyl (C=O) groups excluding carboxylic acids is 1. The summed E-state index contributed by atoms with van der Waals surface area (Å²) in [5, 5.41) is 7.40. The normalized spacial score (nSPS) is 11.0. The maximum Gasteiger partial charge on any atom is 0.267 e. The average Bonchev–Trinajstić information content (AvgIpc) is 2.87. The van der Waals surface area contributed by atoms with Crippen molar-refractivity contribution in [3.05, 3.63) is 50.7 Å². The van der Waals surface area contributed by atoms with Crippen molar-refractivity contribution in [1.29, 1.82) is 0 Å². The number of rotatable bonds is 3. The van der Waals surface area contributed by atoms with Gasteiger partial charge in [-0.05, 0) is 44.5 Å². The molecule has 0 fully saturated rings. The molecule has 1 amide bonds. The molecule has 2 heterocycles. The quantitative estimate of drug-likeness (QED) is 0.787. The fraction of sp³-hybridized carbons (Fsp3) is 0.250. The molecule has 0 bridgehead atoms. The van der Waals surface area contributed by atoms with Gasteiger partial charge in [-0.15, -0.1) is 0 Å². The van der Waals surface area contributed by atoms with E-state index in [1.165, 1.54) is 4.57 Å². The summed E-state index contributed by atoms with van der Waals surface area (Å²) < 4.78 is 6.30. The molecule has 3 aromatic rings. The lowest BCUT2D eigenvalue weighted by Gasteiger charge is -2.11. The van der Waals surface area contributed by atoms with Gasteiger partial charge in [0, 0.05) is 10.7 Å². The van der Waals surface area contributed by atoms with E-state index < -0.39 is 0 Å². The first-order valence-corrected chi connectivity index (χ1v) is 7.64. The summed E-state index contributed by atoms with van der Waals surface area (Å²) in [5.41, 5.74) is 1.76. The Morgan fingerprint density at radius 3 is 2.79 bits per heavy atom. The Hall–Kier alpha value is -2.67. The van der Waals surface area contributed by atoms with E-state index >= 15 is 0 Å². The van der Waals surface area contributed by atoms with E-state index in [1.807, 2.05) is 6.92 Å². The molecule has 0 unspecified atom stereocenters. The van der Waals surface area contributed by atoms with Crippen molar-refractivity contribution in [3.8, 4) is 0 Å². The molecule has 0 aliphatic rings. The van der Waals surface area contributed by atoms with E-state index in [4.69, 9.17) is 16.1 Å². The number of fused-ring (bicyclic) bond motifs is 1. The highest BCUT2D eigenvalue weighted by molar-refractivity contribution is 6.30. The van der Waals surface area contributed by atoms with Crippen molar-refractivity contribution in [3.63, 3.8) is 0 Å². The van der Waals surface area contributed by atoms with Crippen molar-refractivity contribution in [2.75, 3.05) is 5.32 Å². The molecule has 0 radical (unpaired) electrons. The van der Waals surface area contributed by atoms with Gasteiger partial charge in [-0.25, -0.2) is 0 Å². The molecule has 0 spiro atoms. The summed E-state index contributed by atoms with van der Waals surface area (Å²) in [6.07, 6.45) is 0. The molecule has 0 saturated carbocycles. The minimum absolute atomic E-state index is 0.152. The highest BCUT2D eigenvalue weighted by Crippen LogP contribution is 2.19. The number of nitrogens with one attached hydrogen (secondary N) is 1. The third-order valence-corrected chi connectivity index (χ3v) is 3.96. The Morgan fingerprint density at radius 1 is 1.33 bits per heavy atom. The Balaban J connectivity index is 1.90. The van der Waals surface area contributed by atoms with Crippen LogP contribution in [0.1, 0.15) is 17.1 Å². The van der Waals surface area contributed by atoms with Crippen LogP contribution in [-0.2, 0) is 11.3 Å². The predicted octanol–water partition coefficient (Wildman–Crippen LogP) is 2.60. The fourth-order valence-corrected chi connectivity index (χ4v) is 2.68. The Kier molecular flexibility index (Phi) is 4.11. The van der Waals surface area contributed by atoms with Gasteiger partial charge >= 0.3 is 0 Å². The highest BCUT2D eigenvalue weighted by Gasteiger charge is 2.17. The van der Waals surface area contributed by atoms with E-state index in [0.29, 0.717) is 22.2 Å². The molecule has 0 saturated heterocycles. The first kappa shape index (κ1) is 16.2. The Bertz CT molecular complexity index is 1010. The number of carbonyl (C=O) groups is 1. The van der Waals surface area contributed by atoms with Crippen LogP contribution in [0.5, 0.6) is 0 Å². The van der Waals surface area contributed by atoms with Crippen LogP contribution in [0, 0.1) is 20.8 Å². The van der Waals surface area contributed by atoms with Crippen LogP contribution in [0.15, 0.2) is 27.5 Å². The Labute approximate surface area is 142 Å². The van der Waals surface area contributed by atoms with E-state index in [1.54, 1.807) is 32.0 Å². The second-order valence-corrected chi connectivity index (χ2v) is 5.94. The number of hydrogen-bond donors (Lipinski definition) is 1. The molecule has 0 aliphatic heterocycles. The molecule has 2 aromatic heterocycles. The molecule has 1 N–H and O–H groups in total. The van der Waals surface area contributed by atoms with Crippen LogP contribution in [0.25, 0.3) is 11.1 Å². The lowest BCUT2D eigenvalue weighted by molar-refractivity contribution is -0.116. The number of halogens is 1. The smallest absolute Gasteiger partial charge is 0.267 e. The lowest BCUT2D eigenvalue weighted by Crippen LogP contribution is -2.30. The van der Waals surface area contributed by atoms with Gasteiger partial charge in [0.2, 0.25) is 5.91 Å². The number of nitrogens with zero attached hydrogens (tertiary/aromatic N) is 3. The van der Waals surface area contributed by atoms with Crippen molar-refractivity contribution in [2.24, 2.45) is 0 Å². The number of benzene rings is 1. The van der Waals surface area contributed by atoms with Crippen LogP contribution < -0.4 is 10.9 Å². The van der Waals surface area contributed by atoms with Gasteiger partial charge in [-0.2, -0.15) is 4.98 Å². The van der Waals surface area contributed by atoms with Crippen molar-refractivity contribution < 1.29 is 9.32 Å². The minimum atomic E-state index is -0.348. The fourth-order valence-electron chi connectivity index (χ4n) is 2.46. The highest BCUT2D eigenvalue weighted by atomic mass is 35.5. The monoisotopic (exact) mass is 346 g/mol. The van der Waals surface area contributed by atoms with Gasteiger partial charge in [0.15, 0.2) is 0 Å². The van der Waals surface area contributed by atoms with E-state index in [2.05, 4.69) is 15.5 Å². The third-order valence-electron chi connectivity index (χ3n) is 3.72. The molecule has 8 heteroatoms. The molecular formula is C16H15ClN4O3. The number of hydrogen-bond acceptors (Lipinski definition) is 5. The zero-order valence-electron chi connectivity index (χ0n) is 13.4. The maximum atomic E-state index is 12.6. The van der Waals surface area contributed by atoms with Crippen LogP contribution in [0.4, 0.5) is 5.69 Å². The number of aryl methyl sites for hydroxylation is 3. The molecule has 7 nitrogen and oxygen atoms in total. The second-order valence-electron chi connectivity index (χ2n) is 5.51. The number of amides is 1. The van der Waals surface area contributed by atoms with Crippen LogP contribution in [-0.4, -0.2) is 20.6 Å². The Morgan fingerprint density at radius 2 is 2.08 bits per heavy atom. The SMILES string of the molecule is Cc1cc(Cl)ccc1NC(=O)Cn1c(C)nc2onc(C)c2c1=O. The van der Waals surface area contributed by atoms with Gasteiger partial charge in [0.05, 0.1) is 5.69 Å². The zero-order valence-corrected chi connectivity index (χ0v) is 14.1. The van der Waals surface area contributed by atoms with Gasteiger partial charge in [0.25, 0.3) is 11.3 Å². The molecule has 0 atom stereocenters. The first-order valence-electron chi connectivity index (χ1n) is 7.26. The van der Waals surface area contributed by atoms with Crippen molar-refractivity contribution >= 4 is 34.3 Å². The lowest BCUT2D eigenvalue weighted by atomic mass is 10.2. The molecular weight excluding hydrogens is 332 g/mol. The van der Waals surface area contributed by atoms with Crippen LogP contribution >= 0.6 is 11.6 Å². The van der Waals surface area contributed by atoms with Crippen molar-refractivity contribution in [2.45, 2.75) is 27.3 Å². The van der Waals surface area contributed by atoms with E-state index in [9.17, 15) is 9.59 Å². The van der Waals surface area contributed by atoms with Crippen LogP contribution in [0.2, 0.25) is 5.02 Å². The second kappa shape index (κ2) is 6.09. The molecule has 0 aliphatic carbocycles. The zero-order chi connectivity index (χ0) is 17.4. The summed E-state index contributed by atoms with van der Waals surface area (Å²) in [7, 11) is 0. The summed E-state index contributed by atoms with van der Waals surface area (Å²) in [4.78, 5) is 29.1. The summed E-state index contributed by atoms with van der Waals surface area (Å²) in [6.45, 7) is 4.98. The molecule has 24 heavy (non-hydrogen) atoms. The van der Waals surface area contributed by atoms with Gasteiger partial charge < -0.3 is 9.84 Å². The number of anilines is 1. The predicted molar refractivity (Wildman–Crippen MR) is 90.4 cm³/mol. The van der Waals surface area contributed by atoms with E-state index in [-0.39, 0.29) is 29.1 Å². The maximum absolute atomic E-state index is 12.6. The summed E-state index contributed by atoms with van der Waals surface area (Å²) >= 11 is 5.90. The first-order chi connectivity index (χ1) is 11.4. The van der Waals surface area contributed by atoms with Gasteiger partial charge in [-0.1, -0.05) is 16.8 Å². The topological polar surface area (TPSA) is 90.0 Å². The van der Waals surface area contributed by atoms with E-state index in [0.717, 1.165) is 5.56 Å². The van der Waals surface area contributed by atoms with Gasteiger partial charge in [-0.3, -0.25) is 14.2 Å². The average molecular weight is 347 g/mol.